The molecule has 0 fully saturated rings. The number of anilines is 1. The first-order valence-electron chi connectivity index (χ1n) is 12.3. The zero-order chi connectivity index (χ0) is 25.4. The van der Waals surface area contributed by atoms with Gasteiger partial charge in [0.05, 0.1) is 12.2 Å². The molecular formula is C30H26N4O3. The number of benzene rings is 3. The molecule has 0 radical (unpaired) electrons. The van der Waals surface area contributed by atoms with Crippen LogP contribution in [0.3, 0.4) is 0 Å². The number of hydrogen-bond acceptors (Lipinski definition) is 5. The van der Waals surface area contributed by atoms with Crippen molar-refractivity contribution in [1.82, 2.24) is 15.0 Å². The van der Waals surface area contributed by atoms with Gasteiger partial charge >= 0.3 is 0 Å². The topological polar surface area (TPSA) is 89.2 Å². The molecule has 1 aliphatic heterocycles. The van der Waals surface area contributed by atoms with Crippen molar-refractivity contribution in [3.63, 3.8) is 0 Å². The van der Waals surface area contributed by atoms with E-state index in [0.717, 1.165) is 53.0 Å². The van der Waals surface area contributed by atoms with E-state index in [-0.39, 0.29) is 11.5 Å². The van der Waals surface area contributed by atoms with Crippen molar-refractivity contribution in [2.24, 2.45) is 0 Å². The number of nitrogens with one attached hydrogen (secondary N) is 2. The van der Waals surface area contributed by atoms with Crippen LogP contribution in [0.5, 0.6) is 0 Å². The number of hydrogen-bond donors (Lipinski definition) is 2. The maximum Gasteiger partial charge on any atom is 0.258 e. The van der Waals surface area contributed by atoms with Crippen molar-refractivity contribution < 1.29 is 9.32 Å². The first-order chi connectivity index (χ1) is 18.0. The van der Waals surface area contributed by atoms with Crippen molar-refractivity contribution in [3.05, 3.63) is 117 Å². The normalized spacial score (nSPS) is 12.9. The lowest BCUT2D eigenvalue weighted by atomic mass is 10.0. The minimum Gasteiger partial charge on any atom is -0.364 e. The average Bonchev–Trinajstić information content (AvgIpc) is 3.36. The number of pyridine rings is 1. The largest absolute Gasteiger partial charge is 0.364 e. The summed E-state index contributed by atoms with van der Waals surface area (Å²) < 4.78 is 6.72. The van der Waals surface area contributed by atoms with E-state index in [1.165, 1.54) is 11.1 Å². The lowest BCUT2D eigenvalue weighted by Crippen LogP contribution is -2.23. The van der Waals surface area contributed by atoms with E-state index in [4.69, 9.17) is 4.52 Å². The van der Waals surface area contributed by atoms with Crippen molar-refractivity contribution >= 4 is 22.4 Å². The number of amides is 1. The van der Waals surface area contributed by atoms with Crippen LogP contribution in [0.1, 0.15) is 32.7 Å². The number of carbonyl (C=O) groups excluding carboxylic acids is 1. The van der Waals surface area contributed by atoms with Crippen LogP contribution in [-0.4, -0.2) is 22.2 Å². The quantitative estimate of drug-likeness (QED) is 0.365. The molecule has 0 unspecified atom stereocenters. The Kier molecular flexibility index (Phi) is 5.90. The SMILES string of the molecule is Cc1nocc1-c1ccc2c(=O)n(Cc3cccc(C(=O)Nc4ccc5c(c4)CNCC5)c3)ccc2c1. The predicted molar refractivity (Wildman–Crippen MR) is 144 cm³/mol. The van der Waals surface area contributed by atoms with Gasteiger partial charge in [-0.1, -0.05) is 29.4 Å². The zero-order valence-electron chi connectivity index (χ0n) is 20.5. The van der Waals surface area contributed by atoms with Gasteiger partial charge in [-0.15, -0.1) is 0 Å². The molecule has 1 aliphatic rings. The van der Waals surface area contributed by atoms with E-state index in [2.05, 4.69) is 21.9 Å². The fraction of sp³-hybridized carbons (Fsp3) is 0.167. The Balaban J connectivity index is 1.22. The van der Waals surface area contributed by atoms with Crippen molar-refractivity contribution in [3.8, 4) is 11.1 Å². The van der Waals surface area contributed by atoms with Gasteiger partial charge in [-0.2, -0.15) is 0 Å². The van der Waals surface area contributed by atoms with E-state index in [1.54, 1.807) is 23.1 Å². The molecule has 0 saturated heterocycles. The van der Waals surface area contributed by atoms with Gasteiger partial charge in [-0.25, -0.2) is 0 Å². The molecule has 5 aromatic rings. The number of rotatable bonds is 5. The third-order valence-electron chi connectivity index (χ3n) is 6.93. The molecular weight excluding hydrogens is 464 g/mol. The van der Waals surface area contributed by atoms with E-state index >= 15 is 0 Å². The summed E-state index contributed by atoms with van der Waals surface area (Å²) >= 11 is 0. The molecule has 0 aliphatic carbocycles. The third kappa shape index (κ3) is 4.57. The first kappa shape index (κ1) is 22.9. The molecule has 3 aromatic carbocycles. The summed E-state index contributed by atoms with van der Waals surface area (Å²) in [6, 6.07) is 21.1. The third-order valence-corrected chi connectivity index (χ3v) is 6.93. The highest BCUT2D eigenvalue weighted by atomic mass is 16.5. The van der Waals surface area contributed by atoms with Gasteiger partial charge in [-0.05, 0) is 90.0 Å². The predicted octanol–water partition coefficient (Wildman–Crippen LogP) is 4.91. The molecule has 37 heavy (non-hydrogen) atoms. The summed E-state index contributed by atoms with van der Waals surface area (Å²) in [4.78, 5) is 26.2. The Morgan fingerprint density at radius 1 is 1.08 bits per heavy atom. The van der Waals surface area contributed by atoms with E-state index in [1.807, 2.05) is 61.5 Å². The van der Waals surface area contributed by atoms with Crippen LogP contribution in [-0.2, 0) is 19.5 Å². The lowest BCUT2D eigenvalue weighted by Gasteiger charge is -2.18. The van der Waals surface area contributed by atoms with Gasteiger partial charge < -0.3 is 19.7 Å². The first-order valence-corrected chi connectivity index (χ1v) is 12.3. The summed E-state index contributed by atoms with van der Waals surface area (Å²) in [5.74, 6) is -0.173. The molecule has 6 rings (SSSR count). The maximum atomic E-state index is 13.2. The maximum absolute atomic E-state index is 13.2. The molecule has 2 N–H and O–H groups in total. The van der Waals surface area contributed by atoms with Crippen LogP contribution in [0.2, 0.25) is 0 Å². The zero-order valence-corrected chi connectivity index (χ0v) is 20.5. The summed E-state index contributed by atoms with van der Waals surface area (Å²) in [5.41, 5.74) is 7.34. The van der Waals surface area contributed by atoms with Crippen LogP contribution in [0.25, 0.3) is 21.9 Å². The van der Waals surface area contributed by atoms with Gasteiger partial charge in [-0.3, -0.25) is 9.59 Å². The fourth-order valence-electron chi connectivity index (χ4n) is 4.92. The second kappa shape index (κ2) is 9.52. The van der Waals surface area contributed by atoms with Gasteiger partial charge in [0.1, 0.15) is 6.26 Å². The second-order valence-electron chi connectivity index (χ2n) is 9.43. The van der Waals surface area contributed by atoms with Crippen molar-refractivity contribution in [1.29, 1.82) is 0 Å². The van der Waals surface area contributed by atoms with Gasteiger partial charge in [0.15, 0.2) is 0 Å². The number of aromatic nitrogens is 2. The monoisotopic (exact) mass is 490 g/mol. The molecule has 1 amide bonds. The van der Waals surface area contributed by atoms with Crippen LogP contribution < -0.4 is 16.2 Å². The van der Waals surface area contributed by atoms with Crippen molar-refractivity contribution in [2.45, 2.75) is 26.4 Å². The van der Waals surface area contributed by atoms with Crippen LogP contribution in [0, 0.1) is 6.92 Å². The summed E-state index contributed by atoms with van der Waals surface area (Å²) in [5, 5.41) is 11.8. The van der Waals surface area contributed by atoms with Crippen LogP contribution in [0.15, 0.2) is 88.5 Å². The fourth-order valence-corrected chi connectivity index (χ4v) is 4.92. The minimum atomic E-state index is -0.173. The Bertz CT molecular complexity index is 1700. The highest BCUT2D eigenvalue weighted by Crippen LogP contribution is 2.25. The molecule has 7 heteroatoms. The van der Waals surface area contributed by atoms with Gasteiger partial charge in [0.25, 0.3) is 11.5 Å². The van der Waals surface area contributed by atoms with Gasteiger partial charge in [0.2, 0.25) is 0 Å². The minimum absolute atomic E-state index is 0.0800. The molecule has 3 heterocycles. The van der Waals surface area contributed by atoms with E-state index in [9.17, 15) is 9.59 Å². The smallest absolute Gasteiger partial charge is 0.258 e. The van der Waals surface area contributed by atoms with Gasteiger partial charge in [0, 0.05) is 34.9 Å². The highest BCUT2D eigenvalue weighted by molar-refractivity contribution is 6.04. The average molecular weight is 491 g/mol. The number of carbonyl (C=O) groups is 1. The van der Waals surface area contributed by atoms with Crippen LogP contribution >= 0.6 is 0 Å². The molecule has 7 nitrogen and oxygen atoms in total. The lowest BCUT2D eigenvalue weighted by molar-refractivity contribution is 0.102. The number of aryl methyl sites for hydroxylation is 1. The van der Waals surface area contributed by atoms with Crippen LogP contribution in [0.4, 0.5) is 5.69 Å². The second-order valence-corrected chi connectivity index (χ2v) is 9.43. The highest BCUT2D eigenvalue weighted by Gasteiger charge is 2.13. The number of fused-ring (bicyclic) bond motifs is 2. The molecule has 0 spiro atoms. The van der Waals surface area contributed by atoms with E-state index < -0.39 is 0 Å². The molecule has 184 valence electrons. The van der Waals surface area contributed by atoms with E-state index in [0.29, 0.717) is 17.5 Å². The Hall–Kier alpha value is -4.49. The standard InChI is InChI=1S/C30H26N4O3/c1-19-28(18-37-33-19)22-6-8-27-23(14-22)10-12-34(30(27)36)17-20-3-2-4-24(13-20)29(35)32-26-7-5-21-9-11-31-16-25(21)15-26/h2-8,10,12-15,18,31H,9,11,16-17H2,1H3,(H,32,35). The molecule has 0 bridgehead atoms. The summed E-state index contributed by atoms with van der Waals surface area (Å²) in [6.45, 7) is 4.05. The molecule has 2 aromatic heterocycles. The summed E-state index contributed by atoms with van der Waals surface area (Å²) in [7, 11) is 0. The Morgan fingerprint density at radius 3 is 2.86 bits per heavy atom. The summed E-state index contributed by atoms with van der Waals surface area (Å²) in [6.07, 6.45) is 4.41. The molecule has 0 atom stereocenters. The Labute approximate surface area is 213 Å². The number of nitrogens with zero attached hydrogens (tertiary/aromatic N) is 2. The van der Waals surface area contributed by atoms with Crippen molar-refractivity contribution in [2.75, 3.05) is 11.9 Å². The molecule has 0 saturated carbocycles. The Morgan fingerprint density at radius 2 is 2.00 bits per heavy atom.